The highest BCUT2D eigenvalue weighted by Crippen LogP contribution is 2.49. The van der Waals surface area contributed by atoms with Gasteiger partial charge >= 0.3 is 0 Å². The van der Waals surface area contributed by atoms with Gasteiger partial charge in [0.1, 0.15) is 12.2 Å². The number of hydrogen-bond donors (Lipinski definition) is 3. The molecule has 7 heteroatoms. The maximum absolute atomic E-state index is 9.64. The van der Waals surface area contributed by atoms with Crippen molar-refractivity contribution in [2.45, 2.75) is 18.2 Å². The molecule has 4 N–H and O–H groups in total. The van der Waals surface area contributed by atoms with Gasteiger partial charge in [-0.2, -0.15) is 0 Å². The lowest BCUT2D eigenvalue weighted by atomic mass is 10.2. The van der Waals surface area contributed by atoms with Crippen molar-refractivity contribution in [1.82, 2.24) is 0 Å². The first-order chi connectivity index (χ1) is 6.04. The lowest BCUT2D eigenvalue weighted by Gasteiger charge is -2.12. The van der Waals surface area contributed by atoms with Crippen LogP contribution in [-0.4, -0.2) is 16.3 Å². The third kappa shape index (κ3) is 1.67. The molecule has 0 bridgehead atoms. The number of hydrogen-bond acceptors (Lipinski definition) is 4. The molecule has 0 saturated heterocycles. The van der Waals surface area contributed by atoms with Crippen LogP contribution in [0.2, 0.25) is 0 Å². The van der Waals surface area contributed by atoms with Gasteiger partial charge in [0, 0.05) is 11.1 Å². The third-order valence-corrected chi connectivity index (χ3v) is 4.84. The van der Waals surface area contributed by atoms with Gasteiger partial charge in [0.15, 0.2) is 0 Å². The molecule has 1 aromatic rings. The predicted molar refractivity (Wildman–Crippen MR) is 64.9 cm³/mol. The van der Waals surface area contributed by atoms with Crippen molar-refractivity contribution in [1.29, 1.82) is 0 Å². The topological polar surface area (TPSA) is 66.5 Å². The Morgan fingerprint density at radius 1 is 1.14 bits per heavy atom. The van der Waals surface area contributed by atoms with Gasteiger partial charge in [0.05, 0.1) is 13.6 Å². The molecule has 0 fully saturated rings. The van der Waals surface area contributed by atoms with E-state index in [0.29, 0.717) is 0 Å². The highest BCUT2D eigenvalue weighted by Gasteiger charge is 2.41. The van der Waals surface area contributed by atoms with Gasteiger partial charge in [0.2, 0.25) is 0 Å². The summed E-state index contributed by atoms with van der Waals surface area (Å²) in [6, 6.07) is -0.498. The summed E-state index contributed by atoms with van der Waals surface area (Å²) in [4.78, 5) is 0. The first kappa shape index (κ1) is 12.9. The molecule has 0 amide bonds. The summed E-state index contributed by atoms with van der Waals surface area (Å²) in [6.07, 6.45) is -1.77. The number of thiophene rings is 1. The fraction of sp³-hybridized carbons (Fsp3) is 0.429. The third-order valence-electron chi connectivity index (χ3n) is 2.21. The number of nitrogens with two attached hydrogens (primary N) is 1. The second-order valence-electron chi connectivity index (χ2n) is 2.94. The molecule has 0 aliphatic heterocycles. The number of halogens is 3. The molecule has 14 heavy (non-hydrogen) atoms. The van der Waals surface area contributed by atoms with Crippen LogP contribution < -0.4 is 5.73 Å². The smallest absolute Gasteiger partial charge is 0.109 e. The Morgan fingerprint density at radius 3 is 2.14 bits per heavy atom. The van der Waals surface area contributed by atoms with Crippen molar-refractivity contribution >= 4 is 55.6 Å². The van der Waals surface area contributed by atoms with Gasteiger partial charge in [-0.1, -0.05) is 0 Å². The summed E-state index contributed by atoms with van der Waals surface area (Å²) in [5, 5.41) is 19.2. The molecule has 0 spiro atoms. The molecule has 0 aromatic carbocycles. The number of fused-ring (bicyclic) bond motifs is 1. The van der Waals surface area contributed by atoms with Crippen molar-refractivity contribution in [3.05, 3.63) is 18.7 Å². The van der Waals surface area contributed by atoms with Gasteiger partial charge in [0.25, 0.3) is 0 Å². The van der Waals surface area contributed by atoms with Crippen molar-refractivity contribution in [2.24, 2.45) is 5.73 Å². The Morgan fingerprint density at radius 2 is 1.64 bits per heavy atom. The summed E-state index contributed by atoms with van der Waals surface area (Å²) >= 11 is 8.14. The largest absolute Gasteiger partial charge is 0.388 e. The minimum absolute atomic E-state index is 0. The van der Waals surface area contributed by atoms with E-state index in [1.165, 1.54) is 11.3 Å². The van der Waals surface area contributed by atoms with Crippen molar-refractivity contribution in [3.8, 4) is 0 Å². The molecule has 0 radical (unpaired) electrons. The van der Waals surface area contributed by atoms with Crippen LogP contribution in [0.15, 0.2) is 7.57 Å². The summed E-state index contributed by atoms with van der Waals surface area (Å²) in [6.45, 7) is 0. The van der Waals surface area contributed by atoms with Crippen LogP contribution >= 0.6 is 55.6 Å². The minimum atomic E-state index is -0.897. The SMILES string of the molecule is Cl.NC1c2c(Br)sc(Br)c2C(O)C1O. The second-order valence-corrected chi connectivity index (χ2v) is 6.59. The van der Waals surface area contributed by atoms with Crippen LogP contribution in [0.1, 0.15) is 23.3 Å². The van der Waals surface area contributed by atoms with Crippen LogP contribution in [0.3, 0.4) is 0 Å². The zero-order chi connectivity index (χ0) is 9.75. The maximum Gasteiger partial charge on any atom is 0.109 e. The molecule has 1 aromatic heterocycles. The van der Waals surface area contributed by atoms with Crippen LogP contribution in [0.4, 0.5) is 0 Å². The van der Waals surface area contributed by atoms with Gasteiger partial charge in [-0.25, -0.2) is 0 Å². The fourth-order valence-corrected chi connectivity index (χ4v) is 4.93. The Kier molecular flexibility index (Phi) is 4.02. The zero-order valence-corrected chi connectivity index (χ0v) is 11.6. The summed E-state index contributed by atoms with van der Waals surface area (Å²) in [7, 11) is 0. The minimum Gasteiger partial charge on any atom is -0.388 e. The first-order valence-electron chi connectivity index (χ1n) is 3.63. The average Bonchev–Trinajstić information content (AvgIpc) is 2.47. The molecule has 3 nitrogen and oxygen atoms in total. The van der Waals surface area contributed by atoms with Crippen LogP contribution in [0.25, 0.3) is 0 Å². The number of rotatable bonds is 0. The van der Waals surface area contributed by atoms with E-state index in [1.807, 2.05) is 0 Å². The normalized spacial score (nSPS) is 29.9. The van der Waals surface area contributed by atoms with Crippen molar-refractivity contribution in [2.75, 3.05) is 0 Å². The monoisotopic (exact) mass is 363 g/mol. The van der Waals surface area contributed by atoms with E-state index in [4.69, 9.17) is 5.73 Å². The molecule has 3 unspecified atom stereocenters. The molecule has 1 heterocycles. The lowest BCUT2D eigenvalue weighted by molar-refractivity contribution is 0.0178. The quantitative estimate of drug-likeness (QED) is 0.660. The molecule has 2 rings (SSSR count). The van der Waals surface area contributed by atoms with Crippen LogP contribution in [-0.2, 0) is 0 Å². The molecular formula is C7H8Br2ClNO2S. The van der Waals surface area contributed by atoms with Crippen molar-refractivity contribution in [3.63, 3.8) is 0 Å². The standard InChI is InChI=1S/C7H7Br2NO2S.ClH/c8-6-1-2(7(9)13-6)4(11)5(12)3(1)10;/h3-5,11-12H,10H2;1H. The summed E-state index contributed by atoms with van der Waals surface area (Å²) in [5.41, 5.74) is 7.28. The van der Waals surface area contributed by atoms with Gasteiger partial charge in [-0.05, 0) is 31.9 Å². The van der Waals surface area contributed by atoms with E-state index in [0.717, 1.165) is 18.7 Å². The Balaban J connectivity index is 0.000000980. The van der Waals surface area contributed by atoms with Crippen LogP contribution in [0.5, 0.6) is 0 Å². The highest BCUT2D eigenvalue weighted by molar-refractivity contribution is 9.12. The second kappa shape index (κ2) is 4.37. The predicted octanol–water partition coefficient (Wildman–Crippen LogP) is 2.10. The van der Waals surface area contributed by atoms with E-state index >= 15 is 0 Å². The van der Waals surface area contributed by atoms with E-state index in [-0.39, 0.29) is 12.4 Å². The molecule has 1 aliphatic rings. The average molecular weight is 365 g/mol. The molecule has 80 valence electrons. The Bertz CT molecular complexity index is 329. The molecule has 0 saturated carbocycles. The highest BCUT2D eigenvalue weighted by atomic mass is 79.9. The van der Waals surface area contributed by atoms with E-state index in [1.54, 1.807) is 0 Å². The Labute approximate surface area is 108 Å². The maximum atomic E-state index is 9.64. The van der Waals surface area contributed by atoms with E-state index in [2.05, 4.69) is 31.9 Å². The lowest BCUT2D eigenvalue weighted by Crippen LogP contribution is -2.24. The fourth-order valence-electron chi connectivity index (χ4n) is 1.52. The first-order valence-corrected chi connectivity index (χ1v) is 6.03. The summed E-state index contributed by atoms with van der Waals surface area (Å²) in [5.74, 6) is 0. The molecule has 3 atom stereocenters. The van der Waals surface area contributed by atoms with Crippen molar-refractivity contribution < 1.29 is 10.2 Å². The van der Waals surface area contributed by atoms with E-state index in [9.17, 15) is 10.2 Å². The number of aliphatic hydroxyl groups is 2. The molecule has 1 aliphatic carbocycles. The van der Waals surface area contributed by atoms with Gasteiger partial charge in [-0.15, -0.1) is 23.7 Å². The molecular weight excluding hydrogens is 357 g/mol. The number of aliphatic hydroxyl groups excluding tert-OH is 2. The van der Waals surface area contributed by atoms with Gasteiger partial charge < -0.3 is 15.9 Å². The zero-order valence-electron chi connectivity index (χ0n) is 6.78. The Hall–Kier alpha value is 0.830. The van der Waals surface area contributed by atoms with Gasteiger partial charge in [-0.3, -0.25) is 0 Å². The van der Waals surface area contributed by atoms with Crippen LogP contribution in [0, 0.1) is 0 Å². The summed E-state index contributed by atoms with van der Waals surface area (Å²) < 4.78 is 1.70. The van der Waals surface area contributed by atoms with E-state index < -0.39 is 18.2 Å².